The van der Waals surface area contributed by atoms with Gasteiger partial charge in [-0.2, -0.15) is 0 Å². The van der Waals surface area contributed by atoms with E-state index in [-0.39, 0.29) is 11.9 Å². The average Bonchev–Trinajstić information content (AvgIpc) is 2.54. The van der Waals surface area contributed by atoms with Crippen LogP contribution in [0.1, 0.15) is 32.6 Å². The molecule has 1 aromatic rings. The predicted octanol–water partition coefficient (Wildman–Crippen LogP) is 3.32. The molecular weight excluding hydrogens is 294 g/mol. The molecule has 0 spiro atoms. The molecule has 0 saturated heterocycles. The van der Waals surface area contributed by atoms with Crippen molar-refractivity contribution in [2.45, 2.75) is 38.7 Å². The second-order valence-corrected chi connectivity index (χ2v) is 5.43. The smallest absolute Gasteiger partial charge is 0.305 e. The Morgan fingerprint density at radius 1 is 1.22 bits per heavy atom. The second-order valence-electron chi connectivity index (χ2n) is 5.43. The van der Waals surface area contributed by atoms with E-state index in [4.69, 9.17) is 4.74 Å². The average molecular weight is 319 g/mol. The summed E-state index contributed by atoms with van der Waals surface area (Å²) in [4.78, 5) is 23.5. The first-order valence-electron chi connectivity index (χ1n) is 7.71. The SMILES string of the molecule is C=C(C)COC(CCCCC(=O)OC)C(=O)Nc1ccccc1. The van der Waals surface area contributed by atoms with Gasteiger partial charge < -0.3 is 14.8 Å². The Kier molecular flexibility index (Phi) is 8.68. The van der Waals surface area contributed by atoms with Crippen LogP contribution in [0.4, 0.5) is 5.69 Å². The Morgan fingerprint density at radius 2 is 1.91 bits per heavy atom. The number of para-hydroxylation sites is 1. The third-order valence-corrected chi connectivity index (χ3v) is 3.19. The van der Waals surface area contributed by atoms with E-state index in [2.05, 4.69) is 16.6 Å². The third kappa shape index (κ3) is 8.16. The summed E-state index contributed by atoms with van der Waals surface area (Å²) in [5, 5.41) is 2.84. The van der Waals surface area contributed by atoms with Crippen LogP contribution in [0.3, 0.4) is 0 Å². The van der Waals surface area contributed by atoms with Crippen molar-refractivity contribution in [1.29, 1.82) is 0 Å². The van der Waals surface area contributed by atoms with Crippen LogP contribution in [0, 0.1) is 0 Å². The normalized spacial score (nSPS) is 11.6. The molecule has 1 rings (SSSR count). The number of carbonyl (C=O) groups excluding carboxylic acids is 2. The van der Waals surface area contributed by atoms with Gasteiger partial charge in [0.05, 0.1) is 13.7 Å². The molecule has 23 heavy (non-hydrogen) atoms. The maximum atomic E-state index is 12.4. The highest BCUT2D eigenvalue weighted by Crippen LogP contribution is 2.13. The van der Waals surface area contributed by atoms with Crippen LogP contribution in [0.5, 0.6) is 0 Å². The van der Waals surface area contributed by atoms with Gasteiger partial charge in [-0.3, -0.25) is 9.59 Å². The first kappa shape index (κ1) is 18.9. The van der Waals surface area contributed by atoms with E-state index >= 15 is 0 Å². The van der Waals surface area contributed by atoms with Crippen molar-refractivity contribution in [3.63, 3.8) is 0 Å². The van der Waals surface area contributed by atoms with Crippen LogP contribution in [0.25, 0.3) is 0 Å². The first-order valence-corrected chi connectivity index (χ1v) is 7.71. The quantitative estimate of drug-likeness (QED) is 0.408. The lowest BCUT2D eigenvalue weighted by atomic mass is 10.1. The van der Waals surface area contributed by atoms with Gasteiger partial charge in [-0.1, -0.05) is 30.4 Å². The molecule has 1 atom stereocenters. The van der Waals surface area contributed by atoms with Crippen molar-refractivity contribution >= 4 is 17.6 Å². The number of esters is 1. The summed E-state index contributed by atoms with van der Waals surface area (Å²) in [6.07, 6.45) is 1.70. The minimum atomic E-state index is -0.565. The zero-order chi connectivity index (χ0) is 17.1. The Hall–Kier alpha value is -2.14. The van der Waals surface area contributed by atoms with E-state index in [9.17, 15) is 9.59 Å². The van der Waals surface area contributed by atoms with E-state index in [1.165, 1.54) is 7.11 Å². The number of unbranched alkanes of at least 4 members (excludes halogenated alkanes) is 1. The van der Waals surface area contributed by atoms with Crippen molar-refractivity contribution in [2.24, 2.45) is 0 Å². The minimum Gasteiger partial charge on any atom is -0.469 e. The number of hydrogen-bond acceptors (Lipinski definition) is 4. The van der Waals surface area contributed by atoms with Gasteiger partial charge in [-0.15, -0.1) is 0 Å². The van der Waals surface area contributed by atoms with Crippen molar-refractivity contribution in [3.8, 4) is 0 Å². The third-order valence-electron chi connectivity index (χ3n) is 3.19. The van der Waals surface area contributed by atoms with E-state index in [1.807, 2.05) is 37.3 Å². The fourth-order valence-electron chi connectivity index (χ4n) is 1.98. The molecule has 126 valence electrons. The second kappa shape index (κ2) is 10.6. The number of benzene rings is 1. The van der Waals surface area contributed by atoms with Gasteiger partial charge >= 0.3 is 5.97 Å². The first-order chi connectivity index (χ1) is 11.0. The number of amides is 1. The summed E-state index contributed by atoms with van der Waals surface area (Å²) in [6.45, 7) is 5.97. The van der Waals surface area contributed by atoms with Crippen LogP contribution in [-0.4, -0.2) is 31.7 Å². The summed E-state index contributed by atoms with van der Waals surface area (Å²) in [7, 11) is 1.37. The zero-order valence-corrected chi connectivity index (χ0v) is 13.8. The molecule has 0 saturated carbocycles. The fraction of sp³-hybridized carbons (Fsp3) is 0.444. The van der Waals surface area contributed by atoms with Crippen molar-refractivity contribution in [2.75, 3.05) is 19.0 Å². The summed E-state index contributed by atoms with van der Waals surface area (Å²) < 4.78 is 10.2. The zero-order valence-electron chi connectivity index (χ0n) is 13.8. The highest BCUT2D eigenvalue weighted by atomic mass is 16.5. The molecule has 0 aliphatic rings. The molecular formula is C18H25NO4. The molecule has 5 nitrogen and oxygen atoms in total. The van der Waals surface area contributed by atoms with Crippen molar-refractivity contribution in [1.82, 2.24) is 0 Å². The van der Waals surface area contributed by atoms with E-state index in [0.717, 1.165) is 11.3 Å². The van der Waals surface area contributed by atoms with Crippen LogP contribution in [-0.2, 0) is 19.1 Å². The molecule has 1 aromatic carbocycles. The number of nitrogens with one attached hydrogen (secondary N) is 1. The Morgan fingerprint density at radius 3 is 2.52 bits per heavy atom. The highest BCUT2D eigenvalue weighted by molar-refractivity contribution is 5.94. The van der Waals surface area contributed by atoms with Crippen LogP contribution >= 0.6 is 0 Å². The number of hydrogen-bond donors (Lipinski definition) is 1. The number of ether oxygens (including phenoxy) is 2. The fourth-order valence-corrected chi connectivity index (χ4v) is 1.98. The molecule has 0 radical (unpaired) electrons. The lowest BCUT2D eigenvalue weighted by Gasteiger charge is -2.17. The Balaban J connectivity index is 2.51. The van der Waals surface area contributed by atoms with Crippen LogP contribution in [0.15, 0.2) is 42.5 Å². The van der Waals surface area contributed by atoms with Gasteiger partial charge in [0.25, 0.3) is 5.91 Å². The monoisotopic (exact) mass is 319 g/mol. The van der Waals surface area contributed by atoms with Gasteiger partial charge in [0.2, 0.25) is 0 Å². The molecule has 1 amide bonds. The standard InChI is InChI=1S/C18H25NO4/c1-14(2)13-23-16(11-7-8-12-17(20)22-3)18(21)19-15-9-5-4-6-10-15/h4-6,9-10,16H,1,7-8,11-13H2,2-3H3,(H,19,21). The highest BCUT2D eigenvalue weighted by Gasteiger charge is 2.19. The molecule has 5 heteroatoms. The lowest BCUT2D eigenvalue weighted by Crippen LogP contribution is -2.31. The minimum absolute atomic E-state index is 0.185. The summed E-state index contributed by atoms with van der Waals surface area (Å²) in [6, 6.07) is 9.25. The van der Waals surface area contributed by atoms with E-state index in [1.54, 1.807) is 0 Å². The Labute approximate surface area is 137 Å². The van der Waals surface area contributed by atoms with Crippen LogP contribution < -0.4 is 5.32 Å². The van der Waals surface area contributed by atoms with Crippen molar-refractivity contribution in [3.05, 3.63) is 42.5 Å². The van der Waals surface area contributed by atoms with Gasteiger partial charge in [-0.25, -0.2) is 0 Å². The molecule has 0 aliphatic heterocycles. The van der Waals surface area contributed by atoms with Gasteiger partial charge in [0.15, 0.2) is 0 Å². The number of rotatable bonds is 10. The van der Waals surface area contributed by atoms with Gasteiger partial charge in [-0.05, 0) is 38.3 Å². The lowest BCUT2D eigenvalue weighted by molar-refractivity contribution is -0.140. The molecule has 0 bridgehead atoms. The maximum absolute atomic E-state index is 12.4. The molecule has 0 aliphatic carbocycles. The maximum Gasteiger partial charge on any atom is 0.305 e. The molecule has 0 fully saturated rings. The Bertz CT molecular complexity index is 513. The van der Waals surface area contributed by atoms with Gasteiger partial charge in [0.1, 0.15) is 6.10 Å². The summed E-state index contributed by atoms with van der Waals surface area (Å²) in [5.74, 6) is -0.423. The topological polar surface area (TPSA) is 64.6 Å². The largest absolute Gasteiger partial charge is 0.469 e. The molecule has 1 unspecified atom stereocenters. The van der Waals surface area contributed by atoms with E-state index < -0.39 is 6.10 Å². The summed E-state index contributed by atoms with van der Waals surface area (Å²) in [5.41, 5.74) is 1.59. The molecule has 0 heterocycles. The van der Waals surface area contributed by atoms with Crippen LogP contribution in [0.2, 0.25) is 0 Å². The van der Waals surface area contributed by atoms with E-state index in [0.29, 0.717) is 32.3 Å². The van der Waals surface area contributed by atoms with Crippen molar-refractivity contribution < 1.29 is 19.1 Å². The number of methoxy groups -OCH3 is 1. The molecule has 0 aromatic heterocycles. The summed E-state index contributed by atoms with van der Waals surface area (Å²) >= 11 is 0. The number of carbonyl (C=O) groups is 2. The van der Waals surface area contributed by atoms with Gasteiger partial charge in [0, 0.05) is 12.1 Å². The predicted molar refractivity (Wildman–Crippen MR) is 90.1 cm³/mol. The molecule has 1 N–H and O–H groups in total. The number of anilines is 1.